The Morgan fingerprint density at radius 3 is 1.21 bits per heavy atom. The Morgan fingerprint density at radius 1 is 0.588 bits per heavy atom. The van der Waals surface area contributed by atoms with Crippen LogP contribution < -0.4 is 9.47 Å². The number of thioether (sulfide) groups is 6. The standard InChI is InChI=1S/C26H26O2S6/c1-15-23(29-5)33-25(31-15)21(17-7-11-19(27-3)12-8-17)22(18-9-13-20(28-4)14-10-18)26-32-16(2)24(30-6)34-26/h7-14H,1-6H3/b25-21-,26-22-. The van der Waals surface area contributed by atoms with E-state index in [2.05, 4.69) is 74.9 Å². The second kappa shape index (κ2) is 11.9. The molecule has 0 atom stereocenters. The summed E-state index contributed by atoms with van der Waals surface area (Å²) in [6.07, 6.45) is 4.32. The van der Waals surface area contributed by atoms with Crippen LogP contribution in [0.5, 0.6) is 11.5 Å². The molecule has 178 valence electrons. The zero-order chi connectivity index (χ0) is 24.2. The summed E-state index contributed by atoms with van der Waals surface area (Å²) < 4.78 is 16.3. The van der Waals surface area contributed by atoms with E-state index in [4.69, 9.17) is 9.47 Å². The lowest BCUT2D eigenvalue weighted by Crippen LogP contribution is -1.96. The van der Waals surface area contributed by atoms with Crippen molar-refractivity contribution in [1.82, 2.24) is 0 Å². The highest BCUT2D eigenvalue weighted by molar-refractivity contribution is 8.36. The summed E-state index contributed by atoms with van der Waals surface area (Å²) in [5.41, 5.74) is 4.94. The number of benzene rings is 2. The van der Waals surface area contributed by atoms with Gasteiger partial charge in [0, 0.05) is 21.0 Å². The normalized spacial score (nSPS) is 19.1. The fraction of sp³-hybridized carbons (Fsp3) is 0.231. The van der Waals surface area contributed by atoms with E-state index in [-0.39, 0.29) is 0 Å². The van der Waals surface area contributed by atoms with Crippen molar-refractivity contribution in [3.05, 3.63) is 86.4 Å². The first-order chi connectivity index (χ1) is 16.5. The Bertz CT molecular complexity index is 1100. The summed E-state index contributed by atoms with van der Waals surface area (Å²) in [5.74, 6) is 1.73. The van der Waals surface area contributed by atoms with Crippen molar-refractivity contribution in [2.24, 2.45) is 0 Å². The third kappa shape index (κ3) is 5.57. The Balaban J connectivity index is 1.95. The Hall–Kier alpha value is -0.900. The molecule has 8 heteroatoms. The monoisotopic (exact) mass is 562 g/mol. The Labute approximate surface area is 228 Å². The number of allylic oxidation sites excluding steroid dienone is 4. The van der Waals surface area contributed by atoms with Crippen molar-refractivity contribution in [1.29, 1.82) is 0 Å². The van der Waals surface area contributed by atoms with E-state index in [1.54, 1.807) is 14.2 Å². The molecule has 0 saturated carbocycles. The van der Waals surface area contributed by atoms with Crippen molar-refractivity contribution in [2.45, 2.75) is 13.8 Å². The number of methoxy groups -OCH3 is 2. The van der Waals surface area contributed by atoms with Crippen LogP contribution in [0.1, 0.15) is 25.0 Å². The van der Waals surface area contributed by atoms with Crippen LogP contribution in [0.15, 0.2) is 75.3 Å². The molecule has 0 unspecified atom stereocenters. The van der Waals surface area contributed by atoms with Gasteiger partial charge in [-0.2, -0.15) is 0 Å². The molecule has 2 nitrogen and oxygen atoms in total. The molecule has 34 heavy (non-hydrogen) atoms. The lowest BCUT2D eigenvalue weighted by atomic mass is 9.94. The maximum Gasteiger partial charge on any atom is 0.118 e. The molecule has 2 aliphatic rings. The third-order valence-electron chi connectivity index (χ3n) is 5.22. The fourth-order valence-corrected chi connectivity index (χ4v) is 11.1. The quantitative estimate of drug-likeness (QED) is 0.328. The smallest absolute Gasteiger partial charge is 0.118 e. The Kier molecular flexibility index (Phi) is 9.15. The van der Waals surface area contributed by atoms with Crippen LogP contribution in [0.3, 0.4) is 0 Å². The first kappa shape index (κ1) is 26.2. The molecule has 0 amide bonds. The van der Waals surface area contributed by atoms with Gasteiger partial charge in [0.15, 0.2) is 0 Å². The van der Waals surface area contributed by atoms with Gasteiger partial charge in [-0.05, 0) is 61.8 Å². The van der Waals surface area contributed by atoms with Crippen molar-refractivity contribution >= 4 is 81.7 Å². The van der Waals surface area contributed by atoms with Crippen molar-refractivity contribution in [3.63, 3.8) is 0 Å². The molecule has 0 aromatic heterocycles. The van der Waals surface area contributed by atoms with Gasteiger partial charge in [-0.1, -0.05) is 71.3 Å². The molecule has 2 aromatic rings. The molecule has 0 fully saturated rings. The van der Waals surface area contributed by atoms with Gasteiger partial charge in [-0.15, -0.1) is 23.5 Å². The molecular formula is C26H26O2S6. The highest BCUT2D eigenvalue weighted by Gasteiger charge is 2.29. The number of ether oxygens (including phenoxy) is 2. The zero-order valence-electron chi connectivity index (χ0n) is 19.9. The van der Waals surface area contributed by atoms with E-state index in [1.165, 1.54) is 49.0 Å². The molecule has 0 spiro atoms. The molecular weight excluding hydrogens is 537 g/mol. The average molecular weight is 563 g/mol. The highest BCUT2D eigenvalue weighted by Crippen LogP contribution is 2.61. The fourth-order valence-electron chi connectivity index (χ4n) is 3.53. The van der Waals surface area contributed by atoms with Crippen molar-refractivity contribution in [2.75, 3.05) is 26.7 Å². The van der Waals surface area contributed by atoms with Gasteiger partial charge in [0.2, 0.25) is 0 Å². The first-order valence-corrected chi connectivity index (χ1v) is 16.2. The second-order valence-electron chi connectivity index (χ2n) is 7.29. The Morgan fingerprint density at radius 2 is 0.941 bits per heavy atom. The SMILES string of the molecule is COc1ccc(C(=C2\SC(C)=C(SC)S2)/C(=C2/SC(C)=C(SC)S2)c2ccc(OC)cc2)cc1. The molecule has 0 saturated heterocycles. The van der Waals surface area contributed by atoms with Crippen LogP contribution in [0, 0.1) is 0 Å². The summed E-state index contributed by atoms with van der Waals surface area (Å²) in [6, 6.07) is 16.9. The second-order valence-corrected chi connectivity index (χ2v) is 14.4. The molecule has 0 bridgehead atoms. The minimum atomic E-state index is 0.865. The maximum absolute atomic E-state index is 5.46. The van der Waals surface area contributed by atoms with Crippen LogP contribution in [0.25, 0.3) is 11.1 Å². The zero-order valence-corrected chi connectivity index (χ0v) is 24.8. The van der Waals surface area contributed by atoms with Crippen molar-refractivity contribution in [3.8, 4) is 11.5 Å². The van der Waals surface area contributed by atoms with Crippen LogP contribution in [0.2, 0.25) is 0 Å². The van der Waals surface area contributed by atoms with Crippen LogP contribution in [0.4, 0.5) is 0 Å². The van der Waals surface area contributed by atoms with Crippen LogP contribution in [-0.2, 0) is 0 Å². The first-order valence-electron chi connectivity index (χ1n) is 10.5. The predicted molar refractivity (Wildman–Crippen MR) is 163 cm³/mol. The van der Waals surface area contributed by atoms with Gasteiger partial charge >= 0.3 is 0 Å². The molecule has 0 radical (unpaired) electrons. The topological polar surface area (TPSA) is 18.5 Å². The van der Waals surface area contributed by atoms with Gasteiger partial charge < -0.3 is 9.47 Å². The lowest BCUT2D eigenvalue weighted by Gasteiger charge is -2.19. The average Bonchev–Trinajstić information content (AvgIpc) is 3.43. The van der Waals surface area contributed by atoms with Gasteiger partial charge in [0.25, 0.3) is 0 Å². The lowest BCUT2D eigenvalue weighted by molar-refractivity contribution is 0.414. The van der Waals surface area contributed by atoms with Gasteiger partial charge in [0.1, 0.15) is 11.5 Å². The van der Waals surface area contributed by atoms with E-state index in [0.717, 1.165) is 11.5 Å². The summed E-state index contributed by atoms with van der Waals surface area (Å²) in [4.78, 5) is 2.73. The van der Waals surface area contributed by atoms with Gasteiger partial charge in [-0.25, -0.2) is 0 Å². The molecule has 2 aliphatic heterocycles. The van der Waals surface area contributed by atoms with E-state index in [0.29, 0.717) is 0 Å². The molecule has 2 aromatic carbocycles. The van der Waals surface area contributed by atoms with E-state index >= 15 is 0 Å². The van der Waals surface area contributed by atoms with E-state index in [1.807, 2.05) is 70.6 Å². The minimum Gasteiger partial charge on any atom is -0.497 e. The molecule has 4 rings (SSSR count). The largest absolute Gasteiger partial charge is 0.497 e. The van der Waals surface area contributed by atoms with E-state index < -0.39 is 0 Å². The summed E-state index contributed by atoms with van der Waals surface area (Å²) in [7, 11) is 3.42. The molecule has 0 aliphatic carbocycles. The predicted octanol–water partition coefficient (Wildman–Crippen LogP) is 9.81. The number of hydrogen-bond acceptors (Lipinski definition) is 8. The highest BCUT2D eigenvalue weighted by atomic mass is 32.2. The van der Waals surface area contributed by atoms with Gasteiger partial charge in [0.05, 0.1) is 31.2 Å². The minimum absolute atomic E-state index is 0.865. The maximum atomic E-state index is 5.46. The third-order valence-corrected chi connectivity index (χ3v) is 13.2. The van der Waals surface area contributed by atoms with Crippen molar-refractivity contribution < 1.29 is 9.47 Å². The number of hydrogen-bond donors (Lipinski definition) is 0. The summed E-state index contributed by atoms with van der Waals surface area (Å²) in [5, 5.41) is 0. The molecule has 0 N–H and O–H groups in total. The molecule has 2 heterocycles. The van der Waals surface area contributed by atoms with Gasteiger partial charge in [-0.3, -0.25) is 0 Å². The summed E-state index contributed by atoms with van der Waals surface area (Å²) >= 11 is 11.2. The summed E-state index contributed by atoms with van der Waals surface area (Å²) in [6.45, 7) is 4.44. The van der Waals surface area contributed by atoms with Crippen LogP contribution >= 0.6 is 70.6 Å². The van der Waals surface area contributed by atoms with E-state index in [9.17, 15) is 0 Å². The van der Waals surface area contributed by atoms with Crippen LogP contribution in [-0.4, -0.2) is 26.7 Å². The number of rotatable bonds is 7.